The average Bonchev–Trinajstić information content (AvgIpc) is 3.22. The van der Waals surface area contributed by atoms with E-state index >= 15 is 0 Å². The van der Waals surface area contributed by atoms with Crippen LogP contribution in [0, 0.1) is 6.92 Å². The summed E-state index contributed by atoms with van der Waals surface area (Å²) >= 11 is 0. The Labute approximate surface area is 149 Å². The molecule has 0 bridgehead atoms. The van der Waals surface area contributed by atoms with Gasteiger partial charge >= 0.3 is 6.03 Å². The third kappa shape index (κ3) is 3.48. The Hall–Kier alpha value is -3.43. The summed E-state index contributed by atoms with van der Waals surface area (Å²) in [7, 11) is 4.90. The van der Waals surface area contributed by atoms with Gasteiger partial charge in [0.05, 0.1) is 12.8 Å². The predicted molar refractivity (Wildman–Crippen MR) is 92.5 cm³/mol. The van der Waals surface area contributed by atoms with Gasteiger partial charge in [0.15, 0.2) is 0 Å². The van der Waals surface area contributed by atoms with E-state index in [0.29, 0.717) is 23.3 Å². The first-order chi connectivity index (χ1) is 12.5. The van der Waals surface area contributed by atoms with Crippen LogP contribution >= 0.6 is 0 Å². The van der Waals surface area contributed by atoms with Gasteiger partial charge in [0.2, 0.25) is 11.7 Å². The topological polar surface area (TPSA) is 111 Å². The van der Waals surface area contributed by atoms with E-state index in [-0.39, 0.29) is 12.6 Å². The lowest BCUT2D eigenvalue weighted by molar-refractivity contribution is 0.213. The summed E-state index contributed by atoms with van der Waals surface area (Å²) in [5.41, 5.74) is 2.09. The largest absolute Gasteiger partial charge is 0.478 e. The number of carbonyl (C=O) groups is 1. The van der Waals surface area contributed by atoms with E-state index in [0.717, 1.165) is 11.3 Å². The van der Waals surface area contributed by atoms with Crippen molar-refractivity contribution in [2.45, 2.75) is 13.5 Å². The van der Waals surface area contributed by atoms with E-state index in [4.69, 9.17) is 9.26 Å². The molecule has 136 valence electrons. The highest BCUT2D eigenvalue weighted by Crippen LogP contribution is 2.26. The highest BCUT2D eigenvalue weighted by atomic mass is 16.5. The third-order valence-electron chi connectivity index (χ3n) is 3.85. The third-order valence-corrected chi connectivity index (χ3v) is 3.85. The number of aromatic nitrogens is 5. The van der Waals surface area contributed by atoms with Gasteiger partial charge in [-0.15, -0.1) is 5.10 Å². The molecule has 1 N–H and O–H groups in total. The van der Waals surface area contributed by atoms with Gasteiger partial charge in [-0.05, 0) is 19.1 Å². The fraction of sp³-hybridized carbons (Fsp3) is 0.312. The van der Waals surface area contributed by atoms with E-state index in [2.05, 4.69) is 25.5 Å². The molecule has 2 amide bonds. The molecule has 0 atom stereocenters. The Kier molecular flexibility index (Phi) is 4.83. The van der Waals surface area contributed by atoms with Crippen molar-refractivity contribution in [3.8, 4) is 17.3 Å². The van der Waals surface area contributed by atoms with Crippen LogP contribution in [0.2, 0.25) is 0 Å². The first kappa shape index (κ1) is 17.4. The van der Waals surface area contributed by atoms with Crippen LogP contribution in [0.3, 0.4) is 0 Å². The normalized spacial score (nSPS) is 10.6. The molecule has 3 aromatic heterocycles. The molecule has 0 aliphatic carbocycles. The number of carbonyl (C=O) groups excluding carboxylic acids is 1. The molecular weight excluding hydrogens is 338 g/mol. The Morgan fingerprint density at radius 1 is 1.38 bits per heavy atom. The number of urea groups is 1. The number of amides is 2. The number of anilines is 1. The van der Waals surface area contributed by atoms with E-state index in [1.54, 1.807) is 43.3 Å². The van der Waals surface area contributed by atoms with E-state index in [1.165, 1.54) is 12.0 Å². The fourth-order valence-electron chi connectivity index (χ4n) is 2.28. The van der Waals surface area contributed by atoms with E-state index < -0.39 is 0 Å². The van der Waals surface area contributed by atoms with Crippen LogP contribution in [0.15, 0.2) is 29.0 Å². The monoisotopic (exact) mass is 357 g/mol. The summed E-state index contributed by atoms with van der Waals surface area (Å²) in [6.07, 6.45) is 3.29. The number of hydrogen-bond donors (Lipinski definition) is 1. The predicted octanol–water partition coefficient (Wildman–Crippen LogP) is 1.85. The van der Waals surface area contributed by atoms with Crippen molar-refractivity contribution in [2.75, 3.05) is 19.5 Å². The van der Waals surface area contributed by atoms with Crippen LogP contribution in [-0.2, 0) is 13.6 Å². The Bertz CT molecular complexity index is 904. The Morgan fingerprint density at radius 2 is 2.12 bits per heavy atom. The second-order valence-electron chi connectivity index (χ2n) is 5.63. The molecule has 0 spiro atoms. The minimum absolute atomic E-state index is 0.158. The van der Waals surface area contributed by atoms with Gasteiger partial charge in [0.25, 0.3) is 5.88 Å². The summed E-state index contributed by atoms with van der Waals surface area (Å²) in [5.74, 6) is 1.12. The van der Waals surface area contributed by atoms with Gasteiger partial charge in [-0.3, -0.25) is 9.67 Å². The molecule has 26 heavy (non-hydrogen) atoms. The second kappa shape index (κ2) is 7.21. The van der Waals surface area contributed by atoms with Crippen LogP contribution < -0.4 is 10.1 Å². The highest BCUT2D eigenvalue weighted by molar-refractivity contribution is 5.91. The first-order valence-corrected chi connectivity index (χ1v) is 7.82. The quantitative estimate of drug-likeness (QED) is 0.741. The zero-order valence-corrected chi connectivity index (χ0v) is 14.9. The molecular formula is C16H19N7O3. The number of ether oxygens (including phenoxy) is 1. The van der Waals surface area contributed by atoms with Gasteiger partial charge in [-0.2, -0.15) is 4.98 Å². The van der Waals surface area contributed by atoms with Crippen molar-refractivity contribution in [1.29, 1.82) is 0 Å². The first-order valence-electron chi connectivity index (χ1n) is 7.82. The summed E-state index contributed by atoms with van der Waals surface area (Å²) in [5, 5.41) is 10.9. The average molecular weight is 357 g/mol. The van der Waals surface area contributed by atoms with Crippen molar-refractivity contribution in [3.05, 3.63) is 36.1 Å². The van der Waals surface area contributed by atoms with Crippen molar-refractivity contribution in [2.24, 2.45) is 7.05 Å². The lowest BCUT2D eigenvalue weighted by atomic mass is 10.2. The Morgan fingerprint density at radius 3 is 2.81 bits per heavy atom. The van der Waals surface area contributed by atoms with Gasteiger partial charge in [-0.25, -0.2) is 4.79 Å². The fourth-order valence-corrected chi connectivity index (χ4v) is 2.28. The molecule has 3 aromatic rings. The number of nitrogens with one attached hydrogen (secondary N) is 1. The minimum Gasteiger partial charge on any atom is -0.478 e. The smallest absolute Gasteiger partial charge is 0.322 e. The maximum absolute atomic E-state index is 12.4. The zero-order valence-electron chi connectivity index (χ0n) is 14.9. The van der Waals surface area contributed by atoms with Crippen molar-refractivity contribution in [3.63, 3.8) is 0 Å². The van der Waals surface area contributed by atoms with Crippen molar-refractivity contribution < 1.29 is 14.1 Å². The molecule has 0 unspecified atom stereocenters. The van der Waals surface area contributed by atoms with Crippen LogP contribution in [-0.4, -0.2) is 50.0 Å². The van der Waals surface area contributed by atoms with Gasteiger partial charge in [-0.1, -0.05) is 5.16 Å². The van der Waals surface area contributed by atoms with Crippen molar-refractivity contribution >= 4 is 11.7 Å². The number of pyridine rings is 1. The molecule has 0 saturated heterocycles. The molecule has 10 heteroatoms. The molecule has 0 aromatic carbocycles. The molecule has 0 fully saturated rings. The lowest BCUT2D eigenvalue weighted by Crippen LogP contribution is -2.31. The molecule has 0 radical (unpaired) electrons. The molecule has 10 nitrogen and oxygen atoms in total. The summed E-state index contributed by atoms with van der Waals surface area (Å²) in [6.45, 7) is 2.00. The highest BCUT2D eigenvalue weighted by Gasteiger charge is 2.20. The number of aryl methyl sites for hydroxylation is 1. The molecule has 0 aliphatic heterocycles. The summed E-state index contributed by atoms with van der Waals surface area (Å²) in [6, 6.07) is 3.22. The lowest BCUT2D eigenvalue weighted by Gasteiger charge is -2.16. The zero-order chi connectivity index (χ0) is 18.7. The Balaban J connectivity index is 1.68. The molecule has 3 rings (SSSR count). The van der Waals surface area contributed by atoms with E-state index in [1.807, 2.05) is 6.92 Å². The van der Waals surface area contributed by atoms with Gasteiger partial charge in [0, 0.05) is 32.1 Å². The number of rotatable bonds is 5. The van der Waals surface area contributed by atoms with E-state index in [9.17, 15) is 4.79 Å². The maximum Gasteiger partial charge on any atom is 0.322 e. The van der Waals surface area contributed by atoms with Crippen LogP contribution in [0.1, 0.15) is 11.6 Å². The summed E-state index contributed by atoms with van der Waals surface area (Å²) in [4.78, 5) is 22.1. The van der Waals surface area contributed by atoms with Crippen LogP contribution in [0.5, 0.6) is 5.88 Å². The van der Waals surface area contributed by atoms with Crippen LogP contribution in [0.25, 0.3) is 11.4 Å². The standard InChI is InChI=1S/C16H19N7O3/c1-10-13(15(25-4)20-23(10)3)19-16(24)22(2)9-12-18-14(21-26-12)11-5-7-17-8-6-11/h5-8H,9H2,1-4H3,(H,19,24). The van der Waals surface area contributed by atoms with Gasteiger partial charge < -0.3 is 19.5 Å². The number of nitrogens with zero attached hydrogens (tertiary/aromatic N) is 6. The molecule has 0 saturated carbocycles. The maximum atomic E-state index is 12.4. The number of methoxy groups -OCH3 is 1. The van der Waals surface area contributed by atoms with Gasteiger partial charge in [0.1, 0.15) is 12.2 Å². The molecule has 3 heterocycles. The van der Waals surface area contributed by atoms with Crippen LogP contribution in [0.4, 0.5) is 10.5 Å². The van der Waals surface area contributed by atoms with Crippen molar-refractivity contribution in [1.82, 2.24) is 29.8 Å². The minimum atomic E-state index is -0.344. The number of hydrogen-bond acceptors (Lipinski definition) is 7. The molecule has 0 aliphatic rings. The SMILES string of the molecule is COc1nn(C)c(C)c1NC(=O)N(C)Cc1nc(-c2ccncc2)no1. The summed E-state index contributed by atoms with van der Waals surface area (Å²) < 4.78 is 12.0. The second-order valence-corrected chi connectivity index (χ2v) is 5.63.